The van der Waals surface area contributed by atoms with Crippen molar-refractivity contribution < 1.29 is 14.6 Å². The van der Waals surface area contributed by atoms with E-state index in [1.807, 2.05) is 24.3 Å². The second-order valence-electron chi connectivity index (χ2n) is 5.77. The lowest BCUT2D eigenvalue weighted by molar-refractivity contribution is 0.104. The highest BCUT2D eigenvalue weighted by atomic mass is 79.9. The summed E-state index contributed by atoms with van der Waals surface area (Å²) < 4.78 is 5.77. The quantitative estimate of drug-likeness (QED) is 0.337. The Morgan fingerprint density at radius 2 is 1.81 bits per heavy atom. The number of anilines is 1. The molecule has 0 aliphatic rings. The van der Waals surface area contributed by atoms with Crippen molar-refractivity contribution >= 4 is 33.5 Å². The number of carbonyl (C=O) groups is 1. The van der Waals surface area contributed by atoms with Gasteiger partial charge < -0.3 is 14.7 Å². The summed E-state index contributed by atoms with van der Waals surface area (Å²) in [6, 6.07) is 10.6. The van der Waals surface area contributed by atoms with Gasteiger partial charge in [0.2, 0.25) is 0 Å². The predicted octanol–water partition coefficient (Wildman–Crippen LogP) is 5.24. The number of phenols is 1. The molecule has 0 aliphatic carbocycles. The molecule has 2 aromatic rings. The number of carbonyl (C=O) groups excluding carboxylic acids is 1. The van der Waals surface area contributed by atoms with Gasteiger partial charge in [-0.15, -0.1) is 13.2 Å². The summed E-state index contributed by atoms with van der Waals surface area (Å²) in [5.41, 5.74) is 2.28. The first-order valence-corrected chi connectivity index (χ1v) is 9.15. The van der Waals surface area contributed by atoms with Gasteiger partial charge in [-0.25, -0.2) is 0 Å². The maximum absolute atomic E-state index is 12.5. The minimum Gasteiger partial charge on any atom is -0.507 e. The van der Waals surface area contributed by atoms with Crippen LogP contribution in [0, 0.1) is 0 Å². The molecule has 140 valence electrons. The number of allylic oxidation sites excluding steroid dienone is 1. The van der Waals surface area contributed by atoms with Crippen LogP contribution in [-0.4, -0.2) is 31.1 Å². The van der Waals surface area contributed by atoms with Gasteiger partial charge in [-0.3, -0.25) is 4.79 Å². The number of ketones is 1. The molecule has 2 aromatic carbocycles. The van der Waals surface area contributed by atoms with Crippen molar-refractivity contribution in [3.63, 3.8) is 0 Å². The fraction of sp³-hybridized carbons (Fsp3) is 0.136. The molecule has 0 spiro atoms. The second kappa shape index (κ2) is 9.78. The largest absolute Gasteiger partial charge is 0.507 e. The summed E-state index contributed by atoms with van der Waals surface area (Å²) in [5, 5.41) is 9.72. The molecule has 0 heterocycles. The van der Waals surface area contributed by atoms with Crippen LogP contribution in [0.5, 0.6) is 11.5 Å². The van der Waals surface area contributed by atoms with Gasteiger partial charge in [0.25, 0.3) is 0 Å². The molecule has 0 radical (unpaired) electrons. The number of rotatable bonds is 9. The number of aromatic hydroxyl groups is 1. The van der Waals surface area contributed by atoms with E-state index in [0.717, 1.165) is 5.69 Å². The van der Waals surface area contributed by atoms with Gasteiger partial charge in [0.1, 0.15) is 11.5 Å². The van der Waals surface area contributed by atoms with Crippen molar-refractivity contribution in [2.45, 2.75) is 0 Å². The first-order chi connectivity index (χ1) is 13.0. The molecule has 1 N–H and O–H groups in total. The summed E-state index contributed by atoms with van der Waals surface area (Å²) in [6.45, 7) is 8.94. The van der Waals surface area contributed by atoms with Crippen LogP contribution in [0.3, 0.4) is 0 Å². The molecule has 2 rings (SSSR count). The van der Waals surface area contributed by atoms with E-state index in [1.54, 1.807) is 24.3 Å². The molecular formula is C22H22BrNO3. The molecule has 0 fully saturated rings. The normalized spacial score (nSPS) is 10.6. The summed E-state index contributed by atoms with van der Waals surface area (Å²) in [4.78, 5) is 14.6. The van der Waals surface area contributed by atoms with Crippen molar-refractivity contribution in [3.05, 3.63) is 83.4 Å². The first kappa shape index (κ1) is 20.5. The lowest BCUT2D eigenvalue weighted by atomic mass is 10.1. The second-order valence-corrected chi connectivity index (χ2v) is 6.63. The molecule has 0 aliphatic heterocycles. The Labute approximate surface area is 168 Å². The minimum atomic E-state index is -0.119. The lowest BCUT2D eigenvalue weighted by Crippen LogP contribution is -2.22. The SMILES string of the molecule is C=CCN(CC=C)c1ccc(C(=O)/C=C/c2cc(Br)c(O)cc2OC)cc1. The third-order valence-electron chi connectivity index (χ3n) is 3.93. The Balaban J connectivity index is 2.19. The van der Waals surface area contributed by atoms with Crippen LogP contribution in [0.15, 0.2) is 72.3 Å². The van der Waals surface area contributed by atoms with E-state index < -0.39 is 0 Å². The fourth-order valence-electron chi connectivity index (χ4n) is 2.56. The molecule has 0 amide bonds. The van der Waals surface area contributed by atoms with Gasteiger partial charge in [0, 0.05) is 36.0 Å². The third kappa shape index (κ3) is 5.34. The number of hydrogen-bond acceptors (Lipinski definition) is 4. The Morgan fingerprint density at radius 1 is 1.19 bits per heavy atom. The summed E-state index contributed by atoms with van der Waals surface area (Å²) in [6.07, 6.45) is 6.81. The van der Waals surface area contributed by atoms with Crippen LogP contribution in [0.4, 0.5) is 5.69 Å². The van der Waals surface area contributed by atoms with E-state index in [9.17, 15) is 9.90 Å². The molecule has 27 heavy (non-hydrogen) atoms. The van der Waals surface area contributed by atoms with E-state index in [1.165, 1.54) is 19.3 Å². The van der Waals surface area contributed by atoms with Gasteiger partial charge in [0.15, 0.2) is 5.78 Å². The number of hydrogen-bond donors (Lipinski definition) is 1. The van der Waals surface area contributed by atoms with Crippen molar-refractivity contribution in [2.75, 3.05) is 25.1 Å². The molecule has 0 atom stereocenters. The Morgan fingerprint density at radius 3 is 2.37 bits per heavy atom. The first-order valence-electron chi connectivity index (χ1n) is 8.35. The van der Waals surface area contributed by atoms with Crippen molar-refractivity contribution in [3.8, 4) is 11.5 Å². The highest BCUT2D eigenvalue weighted by molar-refractivity contribution is 9.10. The van der Waals surface area contributed by atoms with Crippen LogP contribution in [0.2, 0.25) is 0 Å². The van der Waals surface area contributed by atoms with E-state index >= 15 is 0 Å². The monoisotopic (exact) mass is 427 g/mol. The zero-order valence-corrected chi connectivity index (χ0v) is 16.8. The van der Waals surface area contributed by atoms with Gasteiger partial charge in [-0.05, 0) is 58.4 Å². The van der Waals surface area contributed by atoms with Gasteiger partial charge in [0.05, 0.1) is 11.6 Å². The number of halogens is 1. The van der Waals surface area contributed by atoms with E-state index in [0.29, 0.717) is 34.4 Å². The number of ether oxygens (including phenoxy) is 1. The average molecular weight is 428 g/mol. The van der Waals surface area contributed by atoms with Gasteiger partial charge in [-0.2, -0.15) is 0 Å². The predicted molar refractivity (Wildman–Crippen MR) is 115 cm³/mol. The molecule has 0 aromatic heterocycles. The van der Waals surface area contributed by atoms with E-state index in [2.05, 4.69) is 34.0 Å². The van der Waals surface area contributed by atoms with Crippen LogP contribution < -0.4 is 9.64 Å². The zero-order chi connectivity index (χ0) is 19.8. The average Bonchev–Trinajstić information content (AvgIpc) is 2.68. The van der Waals surface area contributed by atoms with E-state index in [-0.39, 0.29) is 11.5 Å². The number of benzene rings is 2. The van der Waals surface area contributed by atoms with Crippen molar-refractivity contribution in [1.29, 1.82) is 0 Å². The molecule has 0 saturated carbocycles. The Hall–Kier alpha value is -2.79. The highest BCUT2D eigenvalue weighted by Gasteiger charge is 2.08. The summed E-state index contributed by atoms with van der Waals surface area (Å²) >= 11 is 3.27. The number of nitrogens with zero attached hydrogens (tertiary/aromatic N) is 1. The van der Waals surface area contributed by atoms with E-state index in [4.69, 9.17) is 4.74 Å². The zero-order valence-electron chi connectivity index (χ0n) is 15.2. The third-order valence-corrected chi connectivity index (χ3v) is 4.56. The molecule has 0 unspecified atom stereocenters. The van der Waals surface area contributed by atoms with Crippen LogP contribution in [-0.2, 0) is 0 Å². The summed E-state index contributed by atoms with van der Waals surface area (Å²) in [7, 11) is 1.51. The smallest absolute Gasteiger partial charge is 0.185 e. The molecule has 0 saturated heterocycles. The Kier molecular flexibility index (Phi) is 7.44. The fourth-order valence-corrected chi connectivity index (χ4v) is 2.92. The molecule has 0 bridgehead atoms. The summed E-state index contributed by atoms with van der Waals surface area (Å²) in [5.74, 6) is 0.445. The van der Waals surface area contributed by atoms with Crippen LogP contribution >= 0.6 is 15.9 Å². The minimum absolute atomic E-state index is 0.0783. The molecular weight excluding hydrogens is 406 g/mol. The number of methoxy groups -OCH3 is 1. The molecule has 5 heteroatoms. The highest BCUT2D eigenvalue weighted by Crippen LogP contribution is 2.32. The van der Waals surface area contributed by atoms with Crippen LogP contribution in [0.1, 0.15) is 15.9 Å². The maximum atomic E-state index is 12.5. The lowest BCUT2D eigenvalue weighted by Gasteiger charge is -2.21. The Bertz CT molecular complexity index is 847. The number of phenolic OH excluding ortho intramolecular Hbond substituents is 1. The van der Waals surface area contributed by atoms with Gasteiger partial charge in [-0.1, -0.05) is 12.2 Å². The maximum Gasteiger partial charge on any atom is 0.185 e. The van der Waals surface area contributed by atoms with Crippen molar-refractivity contribution in [1.82, 2.24) is 0 Å². The topological polar surface area (TPSA) is 49.8 Å². The standard InChI is InChI=1S/C22H22BrNO3/c1-4-12-24(13-5-2)18-9-6-16(7-10-18)20(25)11-8-17-14-19(23)21(26)15-22(17)27-3/h4-11,14-15,26H,1-2,12-13H2,3H3/b11-8+. The molecule has 4 nitrogen and oxygen atoms in total. The van der Waals surface area contributed by atoms with Gasteiger partial charge >= 0.3 is 0 Å². The van der Waals surface area contributed by atoms with Crippen molar-refractivity contribution in [2.24, 2.45) is 0 Å². The van der Waals surface area contributed by atoms with Crippen LogP contribution in [0.25, 0.3) is 6.08 Å².